The largest absolute Gasteiger partial charge is 0.396 e. The van der Waals surface area contributed by atoms with Gasteiger partial charge < -0.3 is 26.6 Å². The second-order valence-corrected chi connectivity index (χ2v) is 14.9. The second-order valence-electron chi connectivity index (χ2n) is 8.35. The summed E-state index contributed by atoms with van der Waals surface area (Å²) in [5.41, 5.74) is 0.680. The van der Waals surface area contributed by atoms with E-state index < -0.39 is 27.9 Å². The molecule has 3 atom stereocenters. The van der Waals surface area contributed by atoms with Crippen LogP contribution in [0.25, 0.3) is 0 Å². The molecular formula is C24H57NO6Si3. The van der Waals surface area contributed by atoms with Crippen molar-refractivity contribution >= 4 is 27.9 Å². The van der Waals surface area contributed by atoms with E-state index in [1.807, 2.05) is 0 Å². The van der Waals surface area contributed by atoms with Crippen molar-refractivity contribution in [1.82, 2.24) is 4.90 Å². The van der Waals surface area contributed by atoms with Crippen molar-refractivity contribution in [2.75, 3.05) is 39.6 Å². The van der Waals surface area contributed by atoms with Crippen LogP contribution in [0, 0.1) is 0 Å². The Morgan fingerprint density at radius 2 is 0.618 bits per heavy atom. The summed E-state index contributed by atoms with van der Waals surface area (Å²) in [4.78, 5) is 2.73. The average Bonchev–Trinajstić information content (AvgIpc) is 2.82. The van der Waals surface area contributed by atoms with Crippen molar-refractivity contribution in [2.24, 2.45) is 0 Å². The first-order valence-corrected chi connectivity index (χ1v) is 18.8. The molecule has 0 saturated heterocycles. The van der Waals surface area contributed by atoms with E-state index in [9.17, 15) is 0 Å². The Kier molecular flexibility index (Phi) is 22.8. The minimum absolute atomic E-state index is 0.227. The van der Waals surface area contributed by atoms with Crippen LogP contribution in [0.4, 0.5) is 0 Å². The standard InChI is InChI=1S/C24H57NO6Si3/c1-10-19-22(32(26-13-4)27-14-5)25(23(20-11-2)33(28-15-6)29-16-7)24(21-12-3)34(30-17-8)31-18-9/h22-24,32-34H,10-21H2,1-9H3. The summed E-state index contributed by atoms with van der Waals surface area (Å²) in [5, 5.41) is 0. The lowest BCUT2D eigenvalue weighted by Gasteiger charge is -2.47. The summed E-state index contributed by atoms with van der Waals surface area (Å²) in [7, 11) is -6.00. The monoisotopic (exact) mass is 539 g/mol. The van der Waals surface area contributed by atoms with Gasteiger partial charge in [0, 0.05) is 39.6 Å². The zero-order chi connectivity index (χ0) is 25.8. The fourth-order valence-corrected chi connectivity index (χ4v) is 12.9. The lowest BCUT2D eigenvalue weighted by Crippen LogP contribution is -2.66. The highest BCUT2D eigenvalue weighted by Crippen LogP contribution is 2.28. The Labute approximate surface area is 216 Å². The number of hydrogen-bond acceptors (Lipinski definition) is 7. The molecule has 0 heterocycles. The normalized spacial score (nSPS) is 15.1. The van der Waals surface area contributed by atoms with Gasteiger partial charge in [-0.1, -0.05) is 40.0 Å². The predicted molar refractivity (Wildman–Crippen MR) is 149 cm³/mol. The van der Waals surface area contributed by atoms with E-state index in [-0.39, 0.29) is 17.0 Å². The van der Waals surface area contributed by atoms with E-state index in [4.69, 9.17) is 26.6 Å². The van der Waals surface area contributed by atoms with Crippen LogP contribution in [0.3, 0.4) is 0 Å². The Morgan fingerprint density at radius 1 is 0.412 bits per heavy atom. The van der Waals surface area contributed by atoms with Gasteiger partial charge >= 0.3 is 27.9 Å². The topological polar surface area (TPSA) is 58.6 Å². The van der Waals surface area contributed by atoms with Gasteiger partial charge in [0.25, 0.3) is 0 Å². The zero-order valence-corrected chi connectivity index (χ0v) is 27.3. The van der Waals surface area contributed by atoms with Crippen molar-refractivity contribution in [1.29, 1.82) is 0 Å². The first kappa shape index (κ1) is 34.4. The summed E-state index contributed by atoms with van der Waals surface area (Å²) >= 11 is 0. The third-order valence-electron chi connectivity index (χ3n) is 5.83. The fraction of sp³-hybridized carbons (Fsp3) is 1.00. The van der Waals surface area contributed by atoms with E-state index in [0.29, 0.717) is 39.6 Å². The summed E-state index contributed by atoms with van der Waals surface area (Å²) in [5.74, 6) is 0. The molecule has 0 fully saturated rings. The van der Waals surface area contributed by atoms with Gasteiger partial charge in [0.2, 0.25) is 0 Å². The third kappa shape index (κ3) is 12.1. The van der Waals surface area contributed by atoms with Crippen LogP contribution in [-0.2, 0) is 26.6 Å². The number of nitrogens with zero attached hydrogens (tertiary/aromatic N) is 1. The summed E-state index contributed by atoms with van der Waals surface area (Å²) < 4.78 is 38.3. The van der Waals surface area contributed by atoms with Crippen molar-refractivity contribution < 1.29 is 26.6 Å². The molecule has 0 radical (unpaired) electrons. The summed E-state index contributed by atoms with van der Waals surface area (Å²) in [6, 6.07) is 0. The van der Waals surface area contributed by atoms with Gasteiger partial charge in [-0.3, -0.25) is 4.90 Å². The first-order valence-electron chi connectivity index (χ1n) is 14.0. The molecule has 0 aliphatic heterocycles. The van der Waals surface area contributed by atoms with Crippen molar-refractivity contribution in [3.05, 3.63) is 0 Å². The predicted octanol–water partition coefficient (Wildman–Crippen LogP) is 4.29. The van der Waals surface area contributed by atoms with Crippen LogP contribution in [0.15, 0.2) is 0 Å². The van der Waals surface area contributed by atoms with Gasteiger partial charge in [-0.25, -0.2) is 0 Å². The van der Waals surface area contributed by atoms with Crippen LogP contribution in [0.2, 0.25) is 0 Å². The van der Waals surface area contributed by atoms with E-state index in [0.717, 1.165) is 38.5 Å². The average molecular weight is 540 g/mol. The van der Waals surface area contributed by atoms with Crippen LogP contribution >= 0.6 is 0 Å². The molecule has 34 heavy (non-hydrogen) atoms. The highest BCUT2D eigenvalue weighted by Gasteiger charge is 2.46. The molecule has 206 valence electrons. The molecule has 0 spiro atoms. The molecule has 0 bridgehead atoms. The van der Waals surface area contributed by atoms with Gasteiger partial charge in [-0.15, -0.1) is 0 Å². The Morgan fingerprint density at radius 3 is 0.765 bits per heavy atom. The molecule has 0 amide bonds. The molecule has 0 aliphatic rings. The molecule has 0 N–H and O–H groups in total. The Balaban J connectivity index is 6.80. The van der Waals surface area contributed by atoms with E-state index >= 15 is 0 Å². The van der Waals surface area contributed by atoms with Crippen molar-refractivity contribution in [3.63, 3.8) is 0 Å². The molecule has 0 saturated carbocycles. The summed E-state index contributed by atoms with van der Waals surface area (Å²) in [6.07, 6.45) is 6.34. The van der Waals surface area contributed by atoms with Crippen LogP contribution in [0.1, 0.15) is 101 Å². The third-order valence-corrected chi connectivity index (χ3v) is 13.7. The molecule has 0 aromatic rings. The highest BCUT2D eigenvalue weighted by atomic mass is 28.3. The molecule has 7 nitrogen and oxygen atoms in total. The lowest BCUT2D eigenvalue weighted by atomic mass is 10.2. The fourth-order valence-electron chi connectivity index (χ4n) is 4.70. The molecule has 0 aliphatic carbocycles. The maximum atomic E-state index is 6.38. The zero-order valence-electron chi connectivity index (χ0n) is 23.8. The maximum Gasteiger partial charge on any atom is 0.339 e. The maximum absolute atomic E-state index is 6.38. The second kappa shape index (κ2) is 22.6. The van der Waals surface area contributed by atoms with Crippen LogP contribution in [0.5, 0.6) is 0 Å². The van der Waals surface area contributed by atoms with E-state index in [1.54, 1.807) is 0 Å². The molecule has 3 unspecified atom stereocenters. The smallest absolute Gasteiger partial charge is 0.339 e. The van der Waals surface area contributed by atoms with Gasteiger partial charge in [0.1, 0.15) is 0 Å². The van der Waals surface area contributed by atoms with Crippen molar-refractivity contribution in [3.8, 4) is 0 Å². The van der Waals surface area contributed by atoms with Crippen LogP contribution < -0.4 is 0 Å². The minimum Gasteiger partial charge on any atom is -0.396 e. The minimum atomic E-state index is -2.00. The molecule has 0 rings (SSSR count). The van der Waals surface area contributed by atoms with Gasteiger partial charge in [0.05, 0.1) is 17.0 Å². The highest BCUT2D eigenvalue weighted by molar-refractivity contribution is 6.50. The number of rotatable bonds is 24. The van der Waals surface area contributed by atoms with Gasteiger partial charge in [-0.2, -0.15) is 0 Å². The van der Waals surface area contributed by atoms with Gasteiger partial charge in [0.15, 0.2) is 0 Å². The SMILES string of the molecule is CCCC(N(C(CCC)[SiH](OCC)OCC)C(CCC)[SiH](OCC)OCC)[SiH](OCC)OCC. The molecule has 10 heteroatoms. The number of hydrogen-bond donors (Lipinski definition) is 0. The Bertz CT molecular complexity index is 375. The summed E-state index contributed by atoms with van der Waals surface area (Å²) in [6.45, 7) is 23.3. The first-order chi connectivity index (χ1) is 16.5. The lowest BCUT2D eigenvalue weighted by molar-refractivity contribution is 0.0705. The van der Waals surface area contributed by atoms with E-state index in [2.05, 4.69) is 67.2 Å². The van der Waals surface area contributed by atoms with Crippen LogP contribution in [-0.4, -0.2) is 89.4 Å². The van der Waals surface area contributed by atoms with Crippen molar-refractivity contribution in [2.45, 2.75) is 118 Å². The quantitative estimate of drug-likeness (QED) is 0.170. The Hall–Kier alpha value is 0.371. The van der Waals surface area contributed by atoms with E-state index in [1.165, 1.54) is 0 Å². The van der Waals surface area contributed by atoms with Gasteiger partial charge in [-0.05, 0) is 60.8 Å². The molecular weight excluding hydrogens is 483 g/mol. The molecule has 0 aromatic carbocycles. The molecule has 0 aromatic heterocycles.